The van der Waals surface area contributed by atoms with Crippen LogP contribution in [0.5, 0.6) is 5.75 Å². The first-order valence-electron chi connectivity index (χ1n) is 6.31. The number of esters is 1. The lowest BCUT2D eigenvalue weighted by Crippen LogP contribution is -2.01. The summed E-state index contributed by atoms with van der Waals surface area (Å²) in [6.07, 6.45) is 1.45. The summed E-state index contributed by atoms with van der Waals surface area (Å²) in [6.45, 7) is 1.33. The van der Waals surface area contributed by atoms with E-state index in [9.17, 15) is 9.18 Å². The van der Waals surface area contributed by atoms with Gasteiger partial charge in [0.1, 0.15) is 17.0 Å². The highest BCUT2D eigenvalue weighted by Gasteiger charge is 2.14. The Kier molecular flexibility index (Phi) is 3.13. The highest BCUT2D eigenvalue weighted by atomic mass is 19.1. The second-order valence-corrected chi connectivity index (χ2v) is 4.61. The van der Waals surface area contributed by atoms with Gasteiger partial charge in [-0.05, 0) is 12.1 Å². The Morgan fingerprint density at radius 3 is 2.86 bits per heavy atom. The molecule has 0 saturated carbocycles. The lowest BCUT2D eigenvalue weighted by molar-refractivity contribution is -0.131. The molecule has 0 fully saturated rings. The van der Waals surface area contributed by atoms with Crippen LogP contribution in [0.1, 0.15) is 6.92 Å². The predicted octanol–water partition coefficient (Wildman–Crippen LogP) is 2.70. The average Bonchev–Trinajstić information content (AvgIpc) is 2.75. The van der Waals surface area contributed by atoms with Crippen LogP contribution < -0.4 is 4.74 Å². The van der Waals surface area contributed by atoms with Gasteiger partial charge in [0, 0.05) is 25.6 Å². The molecular formula is C15H12FN3O2. The van der Waals surface area contributed by atoms with E-state index in [0.29, 0.717) is 28.0 Å². The molecule has 0 unspecified atom stereocenters. The number of carbonyl (C=O) groups excluding carboxylic acids is 1. The van der Waals surface area contributed by atoms with Crippen molar-refractivity contribution >= 4 is 17.0 Å². The SMILES string of the molecule is CC(=O)Oc1cnc2c(-c3cccc(F)c3)nn(C)c2c1. The van der Waals surface area contributed by atoms with E-state index in [1.807, 2.05) is 0 Å². The summed E-state index contributed by atoms with van der Waals surface area (Å²) < 4.78 is 20.0. The normalized spacial score (nSPS) is 10.8. The van der Waals surface area contributed by atoms with Crippen molar-refractivity contribution in [1.82, 2.24) is 14.8 Å². The smallest absolute Gasteiger partial charge is 0.308 e. The van der Waals surface area contributed by atoms with Crippen molar-refractivity contribution in [1.29, 1.82) is 0 Å². The van der Waals surface area contributed by atoms with Gasteiger partial charge in [0.15, 0.2) is 5.75 Å². The molecule has 2 aromatic heterocycles. The van der Waals surface area contributed by atoms with Gasteiger partial charge in [-0.15, -0.1) is 0 Å². The predicted molar refractivity (Wildman–Crippen MR) is 75.2 cm³/mol. The fourth-order valence-electron chi connectivity index (χ4n) is 2.17. The molecular weight excluding hydrogens is 273 g/mol. The number of halogens is 1. The minimum Gasteiger partial charge on any atom is -0.425 e. The summed E-state index contributed by atoms with van der Waals surface area (Å²) >= 11 is 0. The molecule has 0 aliphatic carbocycles. The van der Waals surface area contributed by atoms with Gasteiger partial charge in [0.25, 0.3) is 0 Å². The second kappa shape index (κ2) is 4.97. The third kappa shape index (κ3) is 2.47. The van der Waals surface area contributed by atoms with Gasteiger partial charge in [0.2, 0.25) is 0 Å². The zero-order valence-electron chi connectivity index (χ0n) is 11.5. The van der Waals surface area contributed by atoms with Crippen LogP contribution in [0.25, 0.3) is 22.3 Å². The van der Waals surface area contributed by atoms with Gasteiger partial charge in [0.05, 0.1) is 11.7 Å². The zero-order valence-corrected chi connectivity index (χ0v) is 11.5. The maximum absolute atomic E-state index is 13.4. The third-order valence-corrected chi connectivity index (χ3v) is 3.03. The van der Waals surface area contributed by atoms with Crippen LogP contribution in [-0.4, -0.2) is 20.7 Å². The third-order valence-electron chi connectivity index (χ3n) is 3.03. The number of aromatic nitrogens is 3. The monoisotopic (exact) mass is 285 g/mol. The molecule has 5 nitrogen and oxygen atoms in total. The molecule has 3 aromatic rings. The number of fused-ring (bicyclic) bond motifs is 1. The largest absolute Gasteiger partial charge is 0.425 e. The Hall–Kier alpha value is -2.76. The molecule has 3 rings (SSSR count). The van der Waals surface area contributed by atoms with Crippen molar-refractivity contribution in [3.63, 3.8) is 0 Å². The fraction of sp³-hybridized carbons (Fsp3) is 0.133. The van der Waals surface area contributed by atoms with Gasteiger partial charge in [-0.2, -0.15) is 5.10 Å². The summed E-state index contributed by atoms with van der Waals surface area (Å²) in [5, 5.41) is 4.37. The van der Waals surface area contributed by atoms with Crippen LogP contribution in [0.3, 0.4) is 0 Å². The summed E-state index contributed by atoms with van der Waals surface area (Å²) in [4.78, 5) is 15.3. The molecule has 0 spiro atoms. The van der Waals surface area contributed by atoms with Crippen molar-refractivity contribution in [2.45, 2.75) is 6.92 Å². The van der Waals surface area contributed by atoms with Gasteiger partial charge in [-0.3, -0.25) is 9.48 Å². The van der Waals surface area contributed by atoms with E-state index in [-0.39, 0.29) is 5.82 Å². The van der Waals surface area contributed by atoms with Crippen molar-refractivity contribution < 1.29 is 13.9 Å². The molecule has 1 aromatic carbocycles. The Bertz CT molecular complexity index is 842. The first-order valence-corrected chi connectivity index (χ1v) is 6.31. The van der Waals surface area contributed by atoms with Gasteiger partial charge < -0.3 is 4.74 Å². The van der Waals surface area contributed by atoms with Crippen molar-refractivity contribution in [2.24, 2.45) is 7.05 Å². The van der Waals surface area contributed by atoms with Crippen LogP contribution in [0.4, 0.5) is 4.39 Å². The maximum atomic E-state index is 13.4. The summed E-state index contributed by atoms with van der Waals surface area (Å²) in [5.74, 6) is -0.393. The second-order valence-electron chi connectivity index (χ2n) is 4.61. The van der Waals surface area contributed by atoms with E-state index in [1.54, 1.807) is 29.9 Å². The Morgan fingerprint density at radius 2 is 2.14 bits per heavy atom. The van der Waals surface area contributed by atoms with Crippen molar-refractivity contribution in [2.75, 3.05) is 0 Å². The first-order chi connectivity index (χ1) is 10.0. The molecule has 0 saturated heterocycles. The quantitative estimate of drug-likeness (QED) is 0.679. The molecule has 106 valence electrons. The summed E-state index contributed by atoms with van der Waals surface area (Å²) in [7, 11) is 1.75. The molecule has 6 heteroatoms. The molecule has 0 N–H and O–H groups in total. The zero-order chi connectivity index (χ0) is 15.0. The van der Waals surface area contributed by atoms with E-state index < -0.39 is 5.97 Å². The molecule has 0 amide bonds. The molecule has 2 heterocycles. The van der Waals surface area contributed by atoms with Gasteiger partial charge in [-0.1, -0.05) is 12.1 Å². The van der Waals surface area contributed by atoms with Crippen molar-refractivity contribution in [3.8, 4) is 17.0 Å². The van der Waals surface area contributed by atoms with E-state index in [1.165, 1.54) is 25.3 Å². The number of nitrogens with zero attached hydrogens (tertiary/aromatic N) is 3. The van der Waals surface area contributed by atoms with Gasteiger partial charge >= 0.3 is 5.97 Å². The van der Waals surface area contributed by atoms with Crippen LogP contribution in [0, 0.1) is 5.82 Å². The lowest BCUT2D eigenvalue weighted by atomic mass is 10.1. The number of benzene rings is 1. The molecule has 0 aliphatic heterocycles. The Labute approximate surface area is 120 Å². The number of carbonyl (C=O) groups is 1. The topological polar surface area (TPSA) is 57.0 Å². The molecule has 0 bridgehead atoms. The Morgan fingerprint density at radius 1 is 1.33 bits per heavy atom. The maximum Gasteiger partial charge on any atom is 0.308 e. The standard InChI is InChI=1S/C15H12FN3O2/c1-9(20)21-12-7-13-15(17-8-12)14(18-19(13)2)10-4-3-5-11(16)6-10/h3-8H,1-2H3. The van der Waals surface area contributed by atoms with E-state index in [2.05, 4.69) is 10.1 Å². The first kappa shape index (κ1) is 13.2. The van der Waals surface area contributed by atoms with E-state index in [0.717, 1.165) is 0 Å². The highest BCUT2D eigenvalue weighted by molar-refractivity contribution is 5.90. The fourth-order valence-corrected chi connectivity index (χ4v) is 2.17. The number of aryl methyl sites for hydroxylation is 1. The number of hydrogen-bond acceptors (Lipinski definition) is 4. The lowest BCUT2D eigenvalue weighted by Gasteiger charge is -2.01. The number of pyridine rings is 1. The van der Waals surface area contributed by atoms with Crippen LogP contribution in [0.15, 0.2) is 36.5 Å². The number of hydrogen-bond donors (Lipinski definition) is 0. The highest BCUT2D eigenvalue weighted by Crippen LogP contribution is 2.28. The van der Waals surface area contributed by atoms with Crippen molar-refractivity contribution in [3.05, 3.63) is 42.3 Å². The Balaban J connectivity index is 2.15. The van der Waals surface area contributed by atoms with Gasteiger partial charge in [-0.25, -0.2) is 9.37 Å². The average molecular weight is 285 g/mol. The summed E-state index contributed by atoms with van der Waals surface area (Å²) in [6, 6.07) is 7.86. The van der Waals surface area contributed by atoms with E-state index >= 15 is 0 Å². The van der Waals surface area contributed by atoms with E-state index in [4.69, 9.17) is 4.74 Å². The molecule has 0 atom stereocenters. The molecule has 0 radical (unpaired) electrons. The van der Waals surface area contributed by atoms with Crippen LogP contribution >= 0.6 is 0 Å². The van der Waals surface area contributed by atoms with Crippen LogP contribution in [0.2, 0.25) is 0 Å². The number of rotatable bonds is 2. The number of ether oxygens (including phenoxy) is 1. The molecule has 21 heavy (non-hydrogen) atoms. The minimum atomic E-state index is -0.413. The minimum absolute atomic E-state index is 0.331. The summed E-state index contributed by atoms with van der Waals surface area (Å²) in [5.41, 5.74) is 2.56. The molecule has 0 aliphatic rings. The van der Waals surface area contributed by atoms with Crippen LogP contribution in [-0.2, 0) is 11.8 Å².